The number of nitrogens with zero attached hydrogens (tertiary/aromatic N) is 3. The number of halogens is 1. The lowest BCUT2D eigenvalue weighted by molar-refractivity contribution is -0.163. The Balaban J connectivity index is 1.62. The summed E-state index contributed by atoms with van der Waals surface area (Å²) in [5, 5.41) is 7.82. The van der Waals surface area contributed by atoms with Gasteiger partial charge in [0.2, 0.25) is 5.91 Å². The van der Waals surface area contributed by atoms with Crippen molar-refractivity contribution in [2.75, 3.05) is 6.61 Å². The summed E-state index contributed by atoms with van der Waals surface area (Å²) in [6, 6.07) is 16.9. The first kappa shape index (κ1) is 19.6. The molecule has 0 N–H and O–H groups in total. The van der Waals surface area contributed by atoms with Crippen molar-refractivity contribution in [1.82, 2.24) is 10.0 Å². The molecule has 2 aromatic rings. The zero-order valence-electron chi connectivity index (χ0n) is 16.3. The van der Waals surface area contributed by atoms with Crippen LogP contribution in [0.1, 0.15) is 31.4 Å². The summed E-state index contributed by atoms with van der Waals surface area (Å²) < 4.78 is 0. The molecule has 2 aliphatic rings. The van der Waals surface area contributed by atoms with E-state index in [4.69, 9.17) is 16.4 Å². The van der Waals surface area contributed by atoms with Crippen LogP contribution in [-0.2, 0) is 21.0 Å². The molecule has 7 heteroatoms. The molecule has 0 aromatic heterocycles. The van der Waals surface area contributed by atoms with Crippen LogP contribution >= 0.6 is 11.6 Å². The molecule has 1 saturated heterocycles. The average molecular weight is 412 g/mol. The second-order valence-electron chi connectivity index (χ2n) is 7.91. The number of benzene rings is 2. The van der Waals surface area contributed by atoms with Crippen molar-refractivity contribution in [1.29, 1.82) is 0 Å². The Morgan fingerprint density at radius 1 is 1.17 bits per heavy atom. The van der Waals surface area contributed by atoms with Crippen LogP contribution in [0.2, 0.25) is 5.02 Å². The molecule has 29 heavy (non-hydrogen) atoms. The van der Waals surface area contributed by atoms with Gasteiger partial charge in [-0.3, -0.25) is 9.59 Å². The number of hydrazine groups is 1. The van der Waals surface area contributed by atoms with E-state index in [0.29, 0.717) is 17.3 Å². The van der Waals surface area contributed by atoms with Crippen LogP contribution in [0.15, 0.2) is 59.8 Å². The minimum absolute atomic E-state index is 0.111. The topological polar surface area (TPSA) is 62.2 Å². The van der Waals surface area contributed by atoms with Gasteiger partial charge in [0.25, 0.3) is 5.91 Å². The maximum absolute atomic E-state index is 13.5. The zero-order valence-corrected chi connectivity index (χ0v) is 17.1. The van der Waals surface area contributed by atoms with Gasteiger partial charge in [-0.1, -0.05) is 59.2 Å². The molecular weight excluding hydrogens is 390 g/mol. The van der Waals surface area contributed by atoms with E-state index in [1.165, 1.54) is 5.01 Å². The minimum Gasteiger partial charge on any atom is -0.394 e. The van der Waals surface area contributed by atoms with E-state index in [1.54, 1.807) is 24.3 Å². The van der Waals surface area contributed by atoms with E-state index >= 15 is 0 Å². The van der Waals surface area contributed by atoms with Gasteiger partial charge < -0.3 is 4.84 Å². The summed E-state index contributed by atoms with van der Waals surface area (Å²) in [6.07, 6.45) is 0.270. The summed E-state index contributed by atoms with van der Waals surface area (Å²) in [5.74, 6) is -1.17. The summed E-state index contributed by atoms with van der Waals surface area (Å²) in [5.41, 5.74) is 1.83. The lowest BCUT2D eigenvalue weighted by Gasteiger charge is -2.36. The van der Waals surface area contributed by atoms with E-state index in [2.05, 4.69) is 5.16 Å². The third kappa shape index (κ3) is 3.78. The van der Waals surface area contributed by atoms with Gasteiger partial charge in [-0.05, 0) is 31.5 Å². The van der Waals surface area contributed by atoms with E-state index in [-0.39, 0.29) is 24.8 Å². The largest absolute Gasteiger partial charge is 0.394 e. The normalized spacial score (nSPS) is 21.2. The molecule has 2 aliphatic heterocycles. The fourth-order valence-electron chi connectivity index (χ4n) is 3.76. The lowest BCUT2D eigenvalue weighted by Crippen LogP contribution is -2.52. The molecule has 2 amide bonds. The Morgan fingerprint density at radius 3 is 2.55 bits per heavy atom. The first-order valence-corrected chi connectivity index (χ1v) is 9.89. The second kappa shape index (κ2) is 7.61. The van der Waals surface area contributed by atoms with Crippen LogP contribution in [0.3, 0.4) is 0 Å². The predicted molar refractivity (Wildman–Crippen MR) is 110 cm³/mol. The van der Waals surface area contributed by atoms with Crippen LogP contribution in [-0.4, -0.2) is 39.7 Å². The molecule has 0 unspecified atom stereocenters. The fraction of sp³-hybridized carbons (Fsp3) is 0.318. The quantitative estimate of drug-likeness (QED) is 0.720. The number of oxime groups is 1. The van der Waals surface area contributed by atoms with Gasteiger partial charge in [0.15, 0.2) is 0 Å². The molecule has 0 spiro atoms. The molecule has 2 heterocycles. The number of amides is 2. The number of rotatable bonds is 4. The molecule has 0 saturated carbocycles. The Bertz CT molecular complexity index is 957. The Hall–Kier alpha value is -2.70. The van der Waals surface area contributed by atoms with Crippen LogP contribution in [0, 0.1) is 5.92 Å². The molecule has 2 aromatic carbocycles. The zero-order chi connectivity index (χ0) is 20.6. The average Bonchev–Trinajstić information content (AvgIpc) is 3.26. The molecule has 0 aliphatic carbocycles. The maximum atomic E-state index is 13.5. The van der Waals surface area contributed by atoms with E-state index in [9.17, 15) is 9.59 Å². The summed E-state index contributed by atoms with van der Waals surface area (Å²) in [7, 11) is 0. The van der Waals surface area contributed by atoms with Gasteiger partial charge in [0.1, 0.15) is 18.2 Å². The summed E-state index contributed by atoms with van der Waals surface area (Å²) in [6.45, 7) is 4.52. The first-order chi connectivity index (χ1) is 13.9. The van der Waals surface area contributed by atoms with Gasteiger partial charge >= 0.3 is 0 Å². The Labute approximate surface area is 174 Å². The summed E-state index contributed by atoms with van der Waals surface area (Å²) in [4.78, 5) is 31.6. The van der Waals surface area contributed by atoms with E-state index in [0.717, 1.165) is 11.1 Å². The van der Waals surface area contributed by atoms with Crippen molar-refractivity contribution >= 4 is 29.1 Å². The van der Waals surface area contributed by atoms with Crippen molar-refractivity contribution in [3.8, 4) is 0 Å². The SMILES string of the molecule is CC1(C)CC(=O)N(C(=O)[C@H]2CON=C2c2ccc(Cl)cc2)N1Cc1ccccc1. The van der Waals surface area contributed by atoms with Gasteiger partial charge in [-0.25, -0.2) is 10.0 Å². The highest BCUT2D eigenvalue weighted by Crippen LogP contribution is 2.34. The highest BCUT2D eigenvalue weighted by Gasteiger charge is 2.49. The van der Waals surface area contributed by atoms with Crippen molar-refractivity contribution in [2.24, 2.45) is 11.1 Å². The van der Waals surface area contributed by atoms with Crippen LogP contribution in [0.25, 0.3) is 0 Å². The number of hydrogen-bond donors (Lipinski definition) is 0. The number of carbonyl (C=O) groups excluding carboxylic acids is 2. The molecule has 0 bridgehead atoms. The van der Waals surface area contributed by atoms with Crippen molar-refractivity contribution in [2.45, 2.75) is 32.4 Å². The molecule has 150 valence electrons. The number of hydrogen-bond acceptors (Lipinski definition) is 5. The van der Waals surface area contributed by atoms with Crippen molar-refractivity contribution in [3.63, 3.8) is 0 Å². The van der Waals surface area contributed by atoms with Crippen LogP contribution in [0.4, 0.5) is 0 Å². The molecule has 1 fully saturated rings. The lowest BCUT2D eigenvalue weighted by atomic mass is 9.97. The minimum atomic E-state index is -0.646. The second-order valence-corrected chi connectivity index (χ2v) is 8.34. The fourth-order valence-corrected chi connectivity index (χ4v) is 3.88. The first-order valence-electron chi connectivity index (χ1n) is 9.51. The van der Waals surface area contributed by atoms with Crippen LogP contribution in [0.5, 0.6) is 0 Å². The van der Waals surface area contributed by atoms with Crippen molar-refractivity contribution in [3.05, 3.63) is 70.7 Å². The molecule has 4 rings (SSSR count). The Morgan fingerprint density at radius 2 is 1.86 bits per heavy atom. The number of carbonyl (C=O) groups is 2. The van der Waals surface area contributed by atoms with Gasteiger partial charge in [0.05, 0.1) is 0 Å². The third-order valence-electron chi connectivity index (χ3n) is 5.32. The van der Waals surface area contributed by atoms with E-state index in [1.807, 2.05) is 49.2 Å². The molecule has 6 nitrogen and oxygen atoms in total. The van der Waals surface area contributed by atoms with Gasteiger partial charge in [0, 0.05) is 29.1 Å². The highest BCUT2D eigenvalue weighted by molar-refractivity contribution is 6.30. The Kier molecular flexibility index (Phi) is 5.15. The van der Waals surface area contributed by atoms with Crippen molar-refractivity contribution < 1.29 is 14.4 Å². The molecule has 0 radical (unpaired) electrons. The summed E-state index contributed by atoms with van der Waals surface area (Å²) >= 11 is 5.97. The van der Waals surface area contributed by atoms with E-state index < -0.39 is 11.5 Å². The van der Waals surface area contributed by atoms with Gasteiger partial charge in [-0.15, -0.1) is 0 Å². The number of imide groups is 1. The van der Waals surface area contributed by atoms with Gasteiger partial charge in [-0.2, -0.15) is 0 Å². The standard InChI is InChI=1S/C22H22ClN3O3/c1-22(2)12-19(27)26(25(22)13-15-6-4-3-5-7-15)21(28)18-14-29-24-20(18)16-8-10-17(23)11-9-16/h3-11,18H,12-14H2,1-2H3/t18-/m0/s1. The molecule has 1 atom stereocenters. The van der Waals surface area contributed by atoms with Crippen LogP contribution < -0.4 is 0 Å². The highest BCUT2D eigenvalue weighted by atomic mass is 35.5. The molecular formula is C22H22ClN3O3. The maximum Gasteiger partial charge on any atom is 0.256 e. The smallest absolute Gasteiger partial charge is 0.256 e. The third-order valence-corrected chi connectivity index (χ3v) is 5.57. The monoisotopic (exact) mass is 411 g/mol. The predicted octanol–water partition coefficient (Wildman–Crippen LogP) is 3.65.